The first-order valence-electron chi connectivity index (χ1n) is 8.26. The second kappa shape index (κ2) is 7.28. The van der Waals surface area contributed by atoms with Gasteiger partial charge in [-0.15, -0.1) is 0 Å². The lowest BCUT2D eigenvalue weighted by molar-refractivity contribution is -0.139. The molecule has 1 aliphatic rings. The second-order valence-electron chi connectivity index (χ2n) is 6.17. The van der Waals surface area contributed by atoms with E-state index in [0.717, 1.165) is 37.2 Å². The minimum absolute atomic E-state index is 0.0589. The predicted molar refractivity (Wildman–Crippen MR) is 93.4 cm³/mol. The maximum absolute atomic E-state index is 13.1. The number of benzene rings is 2. The zero-order valence-corrected chi connectivity index (χ0v) is 14.7. The summed E-state index contributed by atoms with van der Waals surface area (Å²) in [6.07, 6.45) is -3.05. The molecule has 2 aromatic carbocycles. The summed E-state index contributed by atoms with van der Waals surface area (Å²) in [5.74, 6) is 0. The molecule has 3 rings (SSSR count). The molecule has 0 aromatic heterocycles. The van der Waals surface area contributed by atoms with Crippen molar-refractivity contribution >= 4 is 15.7 Å². The molecule has 2 aromatic rings. The summed E-state index contributed by atoms with van der Waals surface area (Å²) in [5, 5.41) is 0. The van der Waals surface area contributed by atoms with Crippen molar-refractivity contribution in [3.8, 4) is 0 Å². The number of halogens is 3. The normalized spacial score (nSPS) is 18.3. The molecular formula is C18H19F3N2O2S. The van der Waals surface area contributed by atoms with Gasteiger partial charge in [0, 0.05) is 24.8 Å². The second-order valence-corrected chi connectivity index (χ2v) is 7.91. The maximum atomic E-state index is 13.1. The Labute approximate surface area is 150 Å². The molecule has 0 bridgehead atoms. The van der Waals surface area contributed by atoms with E-state index >= 15 is 0 Å². The number of alkyl halides is 3. The van der Waals surface area contributed by atoms with E-state index in [9.17, 15) is 21.6 Å². The third kappa shape index (κ3) is 4.02. The SMILES string of the molecule is O=S(=O)(NCC1CCCN1c1ccccc1)c1ccccc1C(F)(F)F. The molecule has 0 aliphatic carbocycles. The molecule has 4 nitrogen and oxygen atoms in total. The van der Waals surface area contributed by atoms with Crippen LogP contribution in [0.15, 0.2) is 59.5 Å². The number of nitrogens with zero attached hydrogens (tertiary/aromatic N) is 1. The highest BCUT2D eigenvalue weighted by Gasteiger charge is 2.37. The maximum Gasteiger partial charge on any atom is 0.417 e. The molecular weight excluding hydrogens is 365 g/mol. The summed E-state index contributed by atoms with van der Waals surface area (Å²) in [7, 11) is -4.26. The molecule has 1 heterocycles. The monoisotopic (exact) mass is 384 g/mol. The van der Waals surface area contributed by atoms with Gasteiger partial charge in [-0.1, -0.05) is 30.3 Å². The summed E-state index contributed by atoms with van der Waals surface area (Å²) in [6.45, 7) is 0.846. The molecule has 1 saturated heterocycles. The summed E-state index contributed by atoms with van der Waals surface area (Å²) < 4.78 is 66.6. The van der Waals surface area contributed by atoms with Crippen molar-refractivity contribution in [1.29, 1.82) is 0 Å². The van der Waals surface area contributed by atoms with E-state index in [-0.39, 0.29) is 12.6 Å². The van der Waals surface area contributed by atoms with Crippen molar-refractivity contribution in [2.24, 2.45) is 0 Å². The van der Waals surface area contributed by atoms with E-state index in [1.165, 1.54) is 12.1 Å². The molecule has 0 radical (unpaired) electrons. The molecule has 0 spiro atoms. The first-order valence-corrected chi connectivity index (χ1v) is 9.75. The van der Waals surface area contributed by atoms with Crippen LogP contribution in [0.2, 0.25) is 0 Å². The van der Waals surface area contributed by atoms with Crippen LogP contribution in [0.1, 0.15) is 18.4 Å². The lowest BCUT2D eigenvalue weighted by Crippen LogP contribution is -2.40. The smallest absolute Gasteiger partial charge is 0.367 e. The molecule has 1 fully saturated rings. The molecule has 1 unspecified atom stereocenters. The minimum Gasteiger partial charge on any atom is -0.367 e. The van der Waals surface area contributed by atoms with E-state index in [2.05, 4.69) is 9.62 Å². The molecule has 26 heavy (non-hydrogen) atoms. The van der Waals surface area contributed by atoms with Gasteiger partial charge in [-0.25, -0.2) is 13.1 Å². The summed E-state index contributed by atoms with van der Waals surface area (Å²) in [5.41, 5.74) is -0.177. The van der Waals surface area contributed by atoms with Gasteiger partial charge in [0.05, 0.1) is 10.5 Å². The third-order valence-corrected chi connectivity index (χ3v) is 5.94. The van der Waals surface area contributed by atoms with Crippen LogP contribution in [0.4, 0.5) is 18.9 Å². The molecule has 140 valence electrons. The molecule has 0 amide bonds. The van der Waals surface area contributed by atoms with E-state index in [0.29, 0.717) is 0 Å². The Bertz CT molecular complexity index is 854. The first kappa shape index (κ1) is 18.7. The van der Waals surface area contributed by atoms with Crippen LogP contribution < -0.4 is 9.62 Å². The van der Waals surface area contributed by atoms with Gasteiger partial charge < -0.3 is 4.90 Å². The van der Waals surface area contributed by atoms with Gasteiger partial charge >= 0.3 is 6.18 Å². The Morgan fingerprint density at radius 2 is 1.69 bits per heavy atom. The minimum atomic E-state index is -4.73. The molecule has 1 aliphatic heterocycles. The number of anilines is 1. The number of nitrogens with one attached hydrogen (secondary N) is 1. The number of hydrogen-bond acceptors (Lipinski definition) is 3. The van der Waals surface area contributed by atoms with Crippen LogP contribution in [-0.2, 0) is 16.2 Å². The fourth-order valence-electron chi connectivity index (χ4n) is 3.23. The Hall–Kier alpha value is -2.06. The van der Waals surface area contributed by atoms with Gasteiger partial charge in [0.25, 0.3) is 0 Å². The number of rotatable bonds is 5. The molecule has 1 atom stereocenters. The van der Waals surface area contributed by atoms with Gasteiger partial charge in [-0.2, -0.15) is 13.2 Å². The largest absolute Gasteiger partial charge is 0.417 e. The third-order valence-electron chi connectivity index (χ3n) is 4.46. The van der Waals surface area contributed by atoms with Gasteiger partial charge in [0.1, 0.15) is 0 Å². The molecule has 1 N–H and O–H groups in total. The average Bonchev–Trinajstić information content (AvgIpc) is 3.09. The Morgan fingerprint density at radius 1 is 1.04 bits per heavy atom. The average molecular weight is 384 g/mol. The highest BCUT2D eigenvalue weighted by molar-refractivity contribution is 7.89. The van der Waals surface area contributed by atoms with Gasteiger partial charge in [0.2, 0.25) is 10.0 Å². The molecule has 8 heteroatoms. The van der Waals surface area contributed by atoms with Crippen molar-refractivity contribution in [1.82, 2.24) is 4.72 Å². The highest BCUT2D eigenvalue weighted by atomic mass is 32.2. The van der Waals surface area contributed by atoms with Crippen molar-refractivity contribution in [2.45, 2.75) is 30.0 Å². The Kier molecular flexibility index (Phi) is 5.24. The van der Waals surface area contributed by atoms with Crippen LogP contribution in [0.3, 0.4) is 0 Å². The fraction of sp³-hybridized carbons (Fsp3) is 0.333. The fourth-order valence-corrected chi connectivity index (χ4v) is 4.52. The standard InChI is InChI=1S/C18H19F3N2O2S/c19-18(20,21)16-10-4-5-11-17(16)26(24,25)22-13-15-9-6-12-23(15)14-7-2-1-3-8-14/h1-5,7-8,10-11,15,22H,6,9,12-13H2. The highest BCUT2D eigenvalue weighted by Crippen LogP contribution is 2.34. The first-order chi connectivity index (χ1) is 12.3. The summed E-state index contributed by atoms with van der Waals surface area (Å²) in [4.78, 5) is 1.34. The lowest BCUT2D eigenvalue weighted by atomic mass is 10.2. The Morgan fingerprint density at radius 3 is 2.38 bits per heavy atom. The van der Waals surface area contributed by atoms with E-state index in [1.807, 2.05) is 30.3 Å². The number of para-hydroxylation sites is 1. The van der Waals surface area contributed by atoms with Gasteiger partial charge in [0.15, 0.2) is 0 Å². The quantitative estimate of drug-likeness (QED) is 0.856. The zero-order valence-electron chi connectivity index (χ0n) is 13.9. The van der Waals surface area contributed by atoms with Gasteiger partial charge in [-0.3, -0.25) is 0 Å². The van der Waals surface area contributed by atoms with Crippen molar-refractivity contribution in [3.63, 3.8) is 0 Å². The van der Waals surface area contributed by atoms with Crippen LogP contribution >= 0.6 is 0 Å². The van der Waals surface area contributed by atoms with Crippen molar-refractivity contribution in [2.75, 3.05) is 18.0 Å². The van der Waals surface area contributed by atoms with Crippen LogP contribution in [0, 0.1) is 0 Å². The lowest BCUT2D eigenvalue weighted by Gasteiger charge is -2.27. The molecule has 0 saturated carbocycles. The van der Waals surface area contributed by atoms with Crippen LogP contribution in [-0.4, -0.2) is 27.5 Å². The summed E-state index contributed by atoms with van der Waals surface area (Å²) >= 11 is 0. The van der Waals surface area contributed by atoms with Gasteiger partial charge in [-0.05, 0) is 37.1 Å². The van der Waals surface area contributed by atoms with Crippen molar-refractivity contribution < 1.29 is 21.6 Å². The number of hydrogen-bond donors (Lipinski definition) is 1. The van der Waals surface area contributed by atoms with Crippen LogP contribution in [0.5, 0.6) is 0 Å². The van der Waals surface area contributed by atoms with E-state index < -0.39 is 26.7 Å². The number of sulfonamides is 1. The van der Waals surface area contributed by atoms with Crippen molar-refractivity contribution in [3.05, 3.63) is 60.2 Å². The topological polar surface area (TPSA) is 49.4 Å². The zero-order chi connectivity index (χ0) is 18.8. The summed E-state index contributed by atoms with van der Waals surface area (Å²) in [6, 6.07) is 13.7. The van der Waals surface area contributed by atoms with E-state index in [4.69, 9.17) is 0 Å². The van der Waals surface area contributed by atoms with Crippen LogP contribution in [0.25, 0.3) is 0 Å². The predicted octanol–water partition coefficient (Wildman–Crippen LogP) is 3.65. The Balaban J connectivity index is 1.77. The van der Waals surface area contributed by atoms with E-state index in [1.54, 1.807) is 0 Å².